The molecule has 0 aliphatic heterocycles. The number of halogens is 3. The first kappa shape index (κ1) is 18.0. The first-order valence-corrected chi connectivity index (χ1v) is 7.49. The lowest BCUT2D eigenvalue weighted by Crippen LogP contribution is -2.28. The molecule has 9 heteroatoms. The van der Waals surface area contributed by atoms with Gasteiger partial charge in [-0.25, -0.2) is 0 Å². The minimum atomic E-state index is -4.48. The third kappa shape index (κ3) is 3.95. The van der Waals surface area contributed by atoms with Gasteiger partial charge in [0.05, 0.1) is 12.2 Å². The summed E-state index contributed by atoms with van der Waals surface area (Å²) in [5, 5.41) is 10.4. The van der Waals surface area contributed by atoms with E-state index in [4.69, 9.17) is 0 Å². The smallest absolute Gasteiger partial charge is 0.349 e. The number of amides is 1. The van der Waals surface area contributed by atoms with Crippen molar-refractivity contribution < 1.29 is 18.0 Å². The zero-order chi connectivity index (χ0) is 18.1. The van der Waals surface area contributed by atoms with Crippen molar-refractivity contribution in [2.45, 2.75) is 46.0 Å². The molecule has 2 heterocycles. The van der Waals surface area contributed by atoms with Crippen LogP contribution in [0.3, 0.4) is 0 Å². The van der Waals surface area contributed by atoms with Gasteiger partial charge < -0.3 is 5.32 Å². The Morgan fingerprint density at radius 1 is 1.38 bits per heavy atom. The largest absolute Gasteiger partial charge is 0.435 e. The predicted molar refractivity (Wildman–Crippen MR) is 81.1 cm³/mol. The summed E-state index contributed by atoms with van der Waals surface area (Å²) >= 11 is 0. The van der Waals surface area contributed by atoms with Crippen LogP contribution in [0.15, 0.2) is 12.3 Å². The van der Waals surface area contributed by atoms with Crippen molar-refractivity contribution in [2.24, 2.45) is 7.05 Å². The van der Waals surface area contributed by atoms with Crippen LogP contribution >= 0.6 is 0 Å². The van der Waals surface area contributed by atoms with Crippen molar-refractivity contribution in [1.29, 1.82) is 0 Å². The maximum absolute atomic E-state index is 12.6. The highest BCUT2D eigenvalue weighted by Gasteiger charge is 2.34. The molecule has 6 nitrogen and oxygen atoms in total. The van der Waals surface area contributed by atoms with E-state index < -0.39 is 11.9 Å². The van der Waals surface area contributed by atoms with Gasteiger partial charge in [-0.1, -0.05) is 0 Å². The van der Waals surface area contributed by atoms with Gasteiger partial charge in [-0.2, -0.15) is 23.4 Å². The molecule has 0 saturated carbocycles. The van der Waals surface area contributed by atoms with E-state index in [1.54, 1.807) is 10.9 Å². The molecular formula is C15H20F3N5O. The monoisotopic (exact) mass is 343 g/mol. The molecule has 1 N–H and O–H groups in total. The lowest BCUT2D eigenvalue weighted by atomic mass is 10.1. The van der Waals surface area contributed by atoms with E-state index in [-0.39, 0.29) is 24.9 Å². The topological polar surface area (TPSA) is 64.7 Å². The van der Waals surface area contributed by atoms with Gasteiger partial charge in [0, 0.05) is 37.0 Å². The van der Waals surface area contributed by atoms with Gasteiger partial charge >= 0.3 is 6.18 Å². The number of alkyl halides is 3. The van der Waals surface area contributed by atoms with Crippen molar-refractivity contribution in [3.8, 4) is 0 Å². The minimum Gasteiger partial charge on any atom is -0.349 e. The fraction of sp³-hybridized carbons (Fsp3) is 0.533. The summed E-state index contributed by atoms with van der Waals surface area (Å²) < 4.78 is 40.8. The third-order valence-electron chi connectivity index (χ3n) is 3.94. The maximum Gasteiger partial charge on any atom is 0.435 e. The van der Waals surface area contributed by atoms with Crippen LogP contribution < -0.4 is 5.32 Å². The number of carbonyl (C=O) groups excluding carboxylic acids is 1. The summed E-state index contributed by atoms with van der Waals surface area (Å²) in [6.07, 6.45) is -2.75. The summed E-state index contributed by atoms with van der Waals surface area (Å²) in [5.41, 5.74) is 1.27. The third-order valence-corrected chi connectivity index (χ3v) is 3.94. The van der Waals surface area contributed by atoms with E-state index >= 15 is 0 Å². The Morgan fingerprint density at radius 2 is 2.04 bits per heavy atom. The van der Waals surface area contributed by atoms with Crippen LogP contribution in [-0.2, 0) is 24.6 Å². The molecule has 2 aromatic rings. The van der Waals surface area contributed by atoms with Crippen molar-refractivity contribution in [2.75, 3.05) is 0 Å². The minimum absolute atomic E-state index is 0.0451. The first-order chi connectivity index (χ1) is 11.1. The number of hydrogen-bond donors (Lipinski definition) is 1. The van der Waals surface area contributed by atoms with Gasteiger partial charge in [-0.3, -0.25) is 14.2 Å². The molecule has 2 aromatic heterocycles. The molecule has 132 valence electrons. The first-order valence-electron chi connectivity index (χ1n) is 7.49. The average molecular weight is 343 g/mol. The van der Waals surface area contributed by atoms with Crippen LogP contribution in [-0.4, -0.2) is 25.5 Å². The number of nitrogens with zero attached hydrogens (tertiary/aromatic N) is 4. The van der Waals surface area contributed by atoms with Crippen molar-refractivity contribution in [1.82, 2.24) is 24.9 Å². The highest BCUT2D eigenvalue weighted by Crippen LogP contribution is 2.28. The van der Waals surface area contributed by atoms with Crippen molar-refractivity contribution in [3.63, 3.8) is 0 Å². The van der Waals surface area contributed by atoms with E-state index in [9.17, 15) is 18.0 Å². The van der Waals surface area contributed by atoms with Crippen LogP contribution in [0.2, 0.25) is 0 Å². The van der Waals surface area contributed by atoms with E-state index in [0.717, 1.165) is 17.3 Å². The summed E-state index contributed by atoms with van der Waals surface area (Å²) in [7, 11) is 1.81. The SMILES string of the molecule is Cc1c(C(C)NC(=O)CCn2nc(C(F)(F)F)cc2C)cnn1C. The molecule has 0 aliphatic carbocycles. The van der Waals surface area contributed by atoms with Crippen LogP contribution in [0.5, 0.6) is 0 Å². The number of rotatable bonds is 5. The van der Waals surface area contributed by atoms with Gasteiger partial charge in [-0.05, 0) is 26.8 Å². The fourth-order valence-corrected chi connectivity index (χ4v) is 2.41. The maximum atomic E-state index is 12.6. The average Bonchev–Trinajstić information content (AvgIpc) is 3.00. The molecule has 0 saturated heterocycles. The molecule has 2 rings (SSSR count). The molecule has 0 radical (unpaired) electrons. The highest BCUT2D eigenvalue weighted by atomic mass is 19.4. The molecule has 1 atom stereocenters. The molecule has 0 bridgehead atoms. The van der Waals surface area contributed by atoms with Gasteiger partial charge in [0.25, 0.3) is 0 Å². The Morgan fingerprint density at radius 3 is 2.54 bits per heavy atom. The fourth-order valence-electron chi connectivity index (χ4n) is 2.41. The second-order valence-corrected chi connectivity index (χ2v) is 5.74. The van der Waals surface area contributed by atoms with Gasteiger partial charge in [0.2, 0.25) is 5.91 Å². The number of hydrogen-bond acceptors (Lipinski definition) is 3. The molecule has 0 fully saturated rings. The lowest BCUT2D eigenvalue weighted by Gasteiger charge is -2.14. The Labute approximate surface area is 137 Å². The Kier molecular flexibility index (Phi) is 5.00. The zero-order valence-corrected chi connectivity index (χ0v) is 14.0. The second kappa shape index (κ2) is 6.66. The summed E-state index contributed by atoms with van der Waals surface area (Å²) in [6, 6.07) is 0.746. The lowest BCUT2D eigenvalue weighted by molar-refractivity contribution is -0.141. The normalized spacial score (nSPS) is 13.1. The molecule has 0 aromatic carbocycles. The van der Waals surface area contributed by atoms with Gasteiger partial charge in [0.1, 0.15) is 0 Å². The van der Waals surface area contributed by atoms with E-state index in [1.165, 1.54) is 11.6 Å². The van der Waals surface area contributed by atoms with Crippen LogP contribution in [0.4, 0.5) is 13.2 Å². The quantitative estimate of drug-likeness (QED) is 0.907. The number of aromatic nitrogens is 4. The van der Waals surface area contributed by atoms with E-state index in [0.29, 0.717) is 5.69 Å². The summed E-state index contributed by atoms with van der Waals surface area (Å²) in [4.78, 5) is 12.0. The molecular weight excluding hydrogens is 323 g/mol. The predicted octanol–water partition coefficient (Wildman–Crippen LogP) is 2.52. The highest BCUT2D eigenvalue weighted by molar-refractivity contribution is 5.76. The second-order valence-electron chi connectivity index (χ2n) is 5.74. The van der Waals surface area contributed by atoms with Crippen molar-refractivity contribution >= 4 is 5.91 Å². The molecule has 0 spiro atoms. The Hall–Kier alpha value is -2.32. The number of nitrogens with one attached hydrogen (secondary N) is 1. The van der Waals surface area contributed by atoms with Gasteiger partial charge in [-0.15, -0.1) is 0 Å². The number of aryl methyl sites for hydroxylation is 3. The number of carbonyl (C=O) groups is 1. The Balaban J connectivity index is 1.94. The molecule has 24 heavy (non-hydrogen) atoms. The molecule has 1 amide bonds. The van der Waals surface area contributed by atoms with Crippen LogP contribution in [0.25, 0.3) is 0 Å². The summed E-state index contributed by atoms with van der Waals surface area (Å²) in [5.74, 6) is -0.255. The van der Waals surface area contributed by atoms with Crippen LogP contribution in [0.1, 0.15) is 42.0 Å². The van der Waals surface area contributed by atoms with Gasteiger partial charge in [0.15, 0.2) is 5.69 Å². The summed E-state index contributed by atoms with van der Waals surface area (Å²) in [6.45, 7) is 5.36. The van der Waals surface area contributed by atoms with Crippen LogP contribution in [0, 0.1) is 13.8 Å². The Bertz CT molecular complexity index is 732. The molecule has 0 aliphatic rings. The molecule has 1 unspecified atom stereocenters. The van der Waals surface area contributed by atoms with E-state index in [2.05, 4.69) is 15.5 Å². The van der Waals surface area contributed by atoms with Crippen molar-refractivity contribution in [3.05, 3.63) is 34.9 Å². The zero-order valence-electron chi connectivity index (χ0n) is 14.0. The van der Waals surface area contributed by atoms with E-state index in [1.807, 2.05) is 20.9 Å². The standard InChI is InChI=1S/C15H20F3N5O/c1-9-7-13(15(16,17)18)21-23(9)6-5-14(24)20-10(2)12-8-19-22(4)11(12)3/h7-8,10H,5-6H2,1-4H3,(H,20,24).